The van der Waals surface area contributed by atoms with E-state index in [0.717, 1.165) is 49.4 Å². The minimum Gasteiger partial charge on any atom is -0.467 e. The van der Waals surface area contributed by atoms with E-state index < -0.39 is 0 Å². The maximum atomic E-state index is 13.1. The lowest BCUT2D eigenvalue weighted by atomic mass is 10.1. The summed E-state index contributed by atoms with van der Waals surface area (Å²) in [7, 11) is 1.97. The van der Waals surface area contributed by atoms with Crippen LogP contribution in [0.4, 0.5) is 0 Å². The first-order valence-corrected chi connectivity index (χ1v) is 8.75. The average molecular weight is 338 g/mol. The highest BCUT2D eigenvalue weighted by molar-refractivity contribution is 5.93. The van der Waals surface area contributed by atoms with Crippen molar-refractivity contribution in [1.82, 2.24) is 19.7 Å². The van der Waals surface area contributed by atoms with E-state index in [-0.39, 0.29) is 11.9 Å². The number of nitrogens with zero attached hydrogens (tertiary/aromatic N) is 3. The molecule has 6 nitrogen and oxygen atoms in total. The average Bonchev–Trinajstić information content (AvgIpc) is 3.34. The number of aryl methyl sites for hydroxylation is 1. The van der Waals surface area contributed by atoms with E-state index in [1.54, 1.807) is 6.26 Å². The second-order valence-electron chi connectivity index (χ2n) is 6.55. The van der Waals surface area contributed by atoms with Gasteiger partial charge < -0.3 is 13.9 Å². The van der Waals surface area contributed by atoms with Crippen LogP contribution in [0.5, 0.6) is 0 Å². The molecule has 0 radical (unpaired) electrons. The topological polar surface area (TPSA) is 67.1 Å². The summed E-state index contributed by atoms with van der Waals surface area (Å²) in [6, 6.07) is 9.62. The number of nitrogens with one attached hydrogen (secondary N) is 1. The van der Waals surface area contributed by atoms with Gasteiger partial charge in [0, 0.05) is 19.8 Å². The molecule has 1 N–H and O–H groups in total. The van der Waals surface area contributed by atoms with E-state index in [9.17, 15) is 4.79 Å². The Morgan fingerprint density at radius 2 is 2.20 bits per heavy atom. The molecule has 0 bridgehead atoms. The number of carbonyl (C=O) groups is 1. The van der Waals surface area contributed by atoms with E-state index in [1.165, 1.54) is 0 Å². The molecule has 0 saturated carbocycles. The number of rotatable bonds is 3. The predicted octanol–water partition coefficient (Wildman–Crippen LogP) is 3.77. The summed E-state index contributed by atoms with van der Waals surface area (Å²) < 4.78 is 7.59. The fourth-order valence-corrected chi connectivity index (χ4v) is 3.57. The molecule has 1 atom stereocenters. The van der Waals surface area contributed by atoms with Gasteiger partial charge in [0.2, 0.25) is 0 Å². The number of hydrogen-bond donors (Lipinski definition) is 1. The number of likely N-dealkylation sites (tertiary alicyclic amines) is 1. The molecule has 0 unspecified atom stereocenters. The Kier molecular flexibility index (Phi) is 4.17. The zero-order valence-electron chi connectivity index (χ0n) is 14.3. The van der Waals surface area contributed by atoms with Gasteiger partial charge in [0.15, 0.2) is 0 Å². The summed E-state index contributed by atoms with van der Waals surface area (Å²) in [5.41, 5.74) is 2.28. The standard InChI is InChI=1S/C19H22N4O2/c1-22-10-5-8-16(22)14-13-15(21-20-14)19(24)23-11-4-2-3-7-17(23)18-9-6-12-25-18/h5-6,8-10,12-13,17H,2-4,7,11H2,1H3,(H,20,21)/t17-/m1/s1. The number of hydrogen-bond acceptors (Lipinski definition) is 3. The second-order valence-corrected chi connectivity index (χ2v) is 6.55. The van der Waals surface area contributed by atoms with Crippen molar-refractivity contribution in [2.24, 2.45) is 7.05 Å². The van der Waals surface area contributed by atoms with Crippen LogP contribution < -0.4 is 0 Å². The van der Waals surface area contributed by atoms with Crippen molar-refractivity contribution < 1.29 is 9.21 Å². The second kappa shape index (κ2) is 6.63. The Hall–Kier alpha value is -2.76. The summed E-state index contributed by atoms with van der Waals surface area (Å²) in [5.74, 6) is 0.841. The van der Waals surface area contributed by atoms with Crippen molar-refractivity contribution in [2.45, 2.75) is 31.7 Å². The van der Waals surface area contributed by atoms with Crippen molar-refractivity contribution in [3.8, 4) is 11.4 Å². The summed E-state index contributed by atoms with van der Waals surface area (Å²) in [6.45, 7) is 0.739. The molecule has 0 spiro atoms. The van der Waals surface area contributed by atoms with E-state index in [0.29, 0.717) is 5.69 Å². The first-order valence-electron chi connectivity index (χ1n) is 8.75. The van der Waals surface area contributed by atoms with Crippen LogP contribution in [0.3, 0.4) is 0 Å². The van der Waals surface area contributed by atoms with Gasteiger partial charge in [0.1, 0.15) is 17.1 Å². The lowest BCUT2D eigenvalue weighted by molar-refractivity contribution is 0.0652. The molecule has 1 amide bonds. The molecular formula is C19H22N4O2. The summed E-state index contributed by atoms with van der Waals surface area (Å²) >= 11 is 0. The number of aromatic amines is 1. The lowest BCUT2D eigenvalue weighted by Crippen LogP contribution is -2.34. The number of amides is 1. The summed E-state index contributed by atoms with van der Waals surface area (Å²) in [5, 5.41) is 7.25. The van der Waals surface area contributed by atoms with Gasteiger partial charge in [-0.3, -0.25) is 9.89 Å². The normalized spacial score (nSPS) is 18.3. The third-order valence-corrected chi connectivity index (χ3v) is 4.90. The Morgan fingerprint density at radius 1 is 1.28 bits per heavy atom. The fraction of sp³-hybridized carbons (Fsp3) is 0.368. The molecule has 1 aliphatic heterocycles. The smallest absolute Gasteiger partial charge is 0.272 e. The quantitative estimate of drug-likeness (QED) is 0.790. The fourth-order valence-electron chi connectivity index (χ4n) is 3.57. The zero-order valence-corrected chi connectivity index (χ0v) is 14.3. The highest BCUT2D eigenvalue weighted by Crippen LogP contribution is 2.31. The van der Waals surface area contributed by atoms with Crippen molar-refractivity contribution >= 4 is 5.91 Å². The molecule has 1 aliphatic rings. The van der Waals surface area contributed by atoms with E-state index in [2.05, 4.69) is 10.2 Å². The van der Waals surface area contributed by atoms with Crippen molar-refractivity contribution in [2.75, 3.05) is 6.54 Å². The van der Waals surface area contributed by atoms with Crippen molar-refractivity contribution in [1.29, 1.82) is 0 Å². The minimum absolute atomic E-state index is 0.00761. The number of H-pyrrole nitrogens is 1. The first kappa shape index (κ1) is 15.7. The van der Waals surface area contributed by atoms with E-state index in [1.807, 2.05) is 53.0 Å². The molecule has 25 heavy (non-hydrogen) atoms. The highest BCUT2D eigenvalue weighted by Gasteiger charge is 2.30. The van der Waals surface area contributed by atoms with Gasteiger partial charge in [-0.25, -0.2) is 0 Å². The van der Waals surface area contributed by atoms with Crippen LogP contribution in [0.25, 0.3) is 11.4 Å². The largest absolute Gasteiger partial charge is 0.467 e. The van der Waals surface area contributed by atoms with Crippen LogP contribution in [0.15, 0.2) is 47.2 Å². The molecule has 0 aliphatic carbocycles. The van der Waals surface area contributed by atoms with E-state index >= 15 is 0 Å². The number of carbonyl (C=O) groups excluding carboxylic acids is 1. The van der Waals surface area contributed by atoms with Crippen LogP contribution in [-0.2, 0) is 7.05 Å². The highest BCUT2D eigenvalue weighted by atomic mass is 16.3. The molecule has 4 heterocycles. The van der Waals surface area contributed by atoms with Gasteiger partial charge in [-0.15, -0.1) is 0 Å². The number of furan rings is 1. The molecule has 3 aromatic heterocycles. The Bertz CT molecular complexity index is 847. The van der Waals surface area contributed by atoms with Gasteiger partial charge in [0.05, 0.1) is 18.0 Å². The molecule has 3 aromatic rings. The lowest BCUT2D eigenvalue weighted by Gasteiger charge is -2.28. The first-order chi connectivity index (χ1) is 12.2. The molecule has 130 valence electrons. The minimum atomic E-state index is -0.0174. The monoisotopic (exact) mass is 338 g/mol. The van der Waals surface area contributed by atoms with Crippen LogP contribution in [-0.4, -0.2) is 32.1 Å². The Balaban J connectivity index is 1.62. The summed E-state index contributed by atoms with van der Waals surface area (Å²) in [4.78, 5) is 15.1. The van der Waals surface area contributed by atoms with Crippen molar-refractivity contribution in [3.63, 3.8) is 0 Å². The van der Waals surface area contributed by atoms with Gasteiger partial charge in [-0.1, -0.05) is 12.8 Å². The van der Waals surface area contributed by atoms with Crippen LogP contribution in [0, 0.1) is 0 Å². The molecule has 1 saturated heterocycles. The maximum absolute atomic E-state index is 13.1. The predicted molar refractivity (Wildman–Crippen MR) is 93.9 cm³/mol. The number of aromatic nitrogens is 3. The Morgan fingerprint density at radius 3 is 2.96 bits per heavy atom. The molecule has 0 aromatic carbocycles. The van der Waals surface area contributed by atoms with Gasteiger partial charge >= 0.3 is 0 Å². The third kappa shape index (κ3) is 2.99. The Labute approximate surface area is 146 Å². The van der Waals surface area contributed by atoms with Gasteiger partial charge in [-0.2, -0.15) is 5.10 Å². The van der Waals surface area contributed by atoms with Crippen LogP contribution >= 0.6 is 0 Å². The zero-order chi connectivity index (χ0) is 17.2. The van der Waals surface area contributed by atoms with Gasteiger partial charge in [0.25, 0.3) is 5.91 Å². The van der Waals surface area contributed by atoms with Crippen LogP contribution in [0.2, 0.25) is 0 Å². The maximum Gasteiger partial charge on any atom is 0.272 e. The van der Waals surface area contributed by atoms with Crippen LogP contribution in [0.1, 0.15) is 48.0 Å². The van der Waals surface area contributed by atoms with Crippen molar-refractivity contribution in [3.05, 3.63) is 54.2 Å². The molecule has 6 heteroatoms. The molecule has 1 fully saturated rings. The SMILES string of the molecule is Cn1cccc1-c1cc(C(=O)N2CCCCC[C@@H]2c2ccco2)[nH]n1. The van der Waals surface area contributed by atoms with Gasteiger partial charge in [-0.05, 0) is 43.2 Å². The third-order valence-electron chi connectivity index (χ3n) is 4.90. The summed E-state index contributed by atoms with van der Waals surface area (Å²) in [6.07, 6.45) is 7.82. The van der Waals surface area contributed by atoms with E-state index in [4.69, 9.17) is 4.42 Å². The molecule has 4 rings (SSSR count). The molecular weight excluding hydrogens is 316 g/mol.